The van der Waals surface area contributed by atoms with E-state index in [0.29, 0.717) is 18.3 Å². The van der Waals surface area contributed by atoms with Crippen LogP contribution in [-0.2, 0) is 6.42 Å². The molecular weight excluding hydrogens is 406 g/mol. The van der Waals surface area contributed by atoms with E-state index in [-0.39, 0.29) is 18.3 Å². The normalized spacial score (nSPS) is 17.3. The molecule has 0 aliphatic carbocycles. The Morgan fingerprint density at radius 1 is 1.32 bits per heavy atom. The molecule has 134 valence electrons. The summed E-state index contributed by atoms with van der Waals surface area (Å²) in [5.41, 5.74) is 3.52. The molecule has 6 nitrogen and oxygen atoms in total. The number of nitrogens with zero attached hydrogens (tertiary/aromatic N) is 4. The molecule has 0 unspecified atom stereocenters. The van der Waals surface area contributed by atoms with Gasteiger partial charge in [-0.05, 0) is 57.0 Å². The van der Waals surface area contributed by atoms with Crippen molar-refractivity contribution < 1.29 is 4.79 Å². The van der Waals surface area contributed by atoms with Crippen LogP contribution in [0, 0.1) is 6.92 Å². The lowest BCUT2D eigenvalue weighted by molar-refractivity contribution is 0.0984. The van der Waals surface area contributed by atoms with Crippen LogP contribution in [0.4, 0.5) is 5.69 Å². The Morgan fingerprint density at radius 3 is 2.84 bits per heavy atom. The maximum Gasteiger partial charge on any atom is 0.280 e. The number of anilines is 1. The van der Waals surface area contributed by atoms with Crippen LogP contribution in [0.15, 0.2) is 22.7 Å². The number of carbonyl (C=O) groups is 1. The number of carbonyl (C=O) groups excluding carboxylic acids is 1. The van der Waals surface area contributed by atoms with E-state index in [4.69, 9.17) is 0 Å². The number of hydrogen-bond donors (Lipinski definition) is 1. The average molecular weight is 427 g/mol. The molecule has 3 heterocycles. The smallest absolute Gasteiger partial charge is 0.280 e. The third-order valence-electron chi connectivity index (χ3n) is 4.97. The minimum Gasteiger partial charge on any atom is -0.317 e. The van der Waals surface area contributed by atoms with Crippen molar-refractivity contribution in [2.24, 2.45) is 0 Å². The monoisotopic (exact) mass is 425 g/mol. The number of halogens is 2. The zero-order chi connectivity index (χ0) is 16.7. The van der Waals surface area contributed by atoms with Crippen molar-refractivity contribution in [1.82, 2.24) is 20.3 Å². The minimum atomic E-state index is -0.0514. The third kappa shape index (κ3) is 3.32. The van der Waals surface area contributed by atoms with Gasteiger partial charge < -0.3 is 10.2 Å². The van der Waals surface area contributed by atoms with Gasteiger partial charge in [-0.25, -0.2) is 4.68 Å². The van der Waals surface area contributed by atoms with Gasteiger partial charge >= 0.3 is 0 Å². The van der Waals surface area contributed by atoms with E-state index in [1.54, 1.807) is 0 Å². The van der Waals surface area contributed by atoms with E-state index in [1.807, 2.05) is 28.6 Å². The molecule has 1 saturated heterocycles. The molecule has 2 aromatic rings. The van der Waals surface area contributed by atoms with Gasteiger partial charge in [0.1, 0.15) is 0 Å². The molecule has 2 aliphatic heterocycles. The SMILES string of the molecule is Cc1c(C(=O)N2CCc3ccc(Br)cc32)nnn1C1CCNCC1.Cl. The molecule has 0 radical (unpaired) electrons. The molecule has 0 bridgehead atoms. The van der Waals surface area contributed by atoms with E-state index in [2.05, 4.69) is 37.6 Å². The minimum absolute atomic E-state index is 0. The number of amides is 1. The second kappa shape index (κ2) is 7.43. The van der Waals surface area contributed by atoms with Gasteiger partial charge in [0.2, 0.25) is 0 Å². The van der Waals surface area contributed by atoms with Gasteiger partial charge in [0.05, 0.1) is 11.7 Å². The molecule has 1 amide bonds. The maximum atomic E-state index is 13.0. The maximum absolute atomic E-state index is 13.0. The summed E-state index contributed by atoms with van der Waals surface area (Å²) in [4.78, 5) is 14.8. The molecule has 1 fully saturated rings. The fraction of sp³-hybridized carbons (Fsp3) is 0.471. The summed E-state index contributed by atoms with van der Waals surface area (Å²) >= 11 is 3.49. The molecule has 0 spiro atoms. The van der Waals surface area contributed by atoms with Crippen molar-refractivity contribution in [2.45, 2.75) is 32.2 Å². The molecule has 1 aromatic carbocycles. The first kappa shape index (κ1) is 18.4. The summed E-state index contributed by atoms with van der Waals surface area (Å²) in [5, 5.41) is 11.9. The van der Waals surface area contributed by atoms with Crippen LogP contribution in [0.25, 0.3) is 0 Å². The first-order valence-corrected chi connectivity index (χ1v) is 9.17. The fourth-order valence-electron chi connectivity index (χ4n) is 3.63. The summed E-state index contributed by atoms with van der Waals surface area (Å²) in [5.74, 6) is -0.0514. The standard InChI is InChI=1S/C17H20BrN5O.ClH/c1-11-16(20-21-23(11)14-4-7-19-8-5-14)17(24)22-9-6-12-2-3-13(18)10-15(12)22;/h2-3,10,14,19H,4-9H2,1H3;1H. The van der Waals surface area contributed by atoms with Crippen LogP contribution in [0.5, 0.6) is 0 Å². The number of fused-ring (bicyclic) bond motifs is 1. The number of benzene rings is 1. The Labute approximate surface area is 161 Å². The van der Waals surface area contributed by atoms with Gasteiger partial charge in [0.25, 0.3) is 5.91 Å². The van der Waals surface area contributed by atoms with E-state index in [1.165, 1.54) is 5.56 Å². The van der Waals surface area contributed by atoms with Gasteiger partial charge in [-0.2, -0.15) is 0 Å². The van der Waals surface area contributed by atoms with Crippen LogP contribution in [-0.4, -0.2) is 40.5 Å². The molecular formula is C17H21BrClN5O. The second-order valence-electron chi connectivity index (χ2n) is 6.43. The molecule has 1 aromatic heterocycles. The molecule has 2 aliphatic rings. The summed E-state index contributed by atoms with van der Waals surface area (Å²) in [7, 11) is 0. The first-order chi connectivity index (χ1) is 11.6. The second-order valence-corrected chi connectivity index (χ2v) is 7.34. The summed E-state index contributed by atoms with van der Waals surface area (Å²) < 4.78 is 2.92. The van der Waals surface area contributed by atoms with Crippen molar-refractivity contribution in [1.29, 1.82) is 0 Å². The third-order valence-corrected chi connectivity index (χ3v) is 5.47. The predicted molar refractivity (Wildman–Crippen MR) is 103 cm³/mol. The summed E-state index contributed by atoms with van der Waals surface area (Å²) in [6.07, 6.45) is 2.94. The van der Waals surface area contributed by atoms with Crippen molar-refractivity contribution >= 4 is 39.9 Å². The predicted octanol–water partition coefficient (Wildman–Crippen LogP) is 2.90. The Kier molecular flexibility index (Phi) is 5.46. The summed E-state index contributed by atoms with van der Waals surface area (Å²) in [6.45, 7) is 4.62. The van der Waals surface area contributed by atoms with Crippen molar-refractivity contribution in [3.63, 3.8) is 0 Å². The van der Waals surface area contributed by atoms with E-state index in [9.17, 15) is 4.79 Å². The van der Waals surface area contributed by atoms with Gasteiger partial charge in [-0.15, -0.1) is 17.5 Å². The summed E-state index contributed by atoms with van der Waals surface area (Å²) in [6, 6.07) is 6.43. The Bertz CT molecular complexity index is 787. The lowest BCUT2D eigenvalue weighted by atomic mass is 10.1. The highest BCUT2D eigenvalue weighted by molar-refractivity contribution is 9.10. The Morgan fingerprint density at radius 2 is 2.08 bits per heavy atom. The number of piperidine rings is 1. The van der Waals surface area contributed by atoms with Crippen LogP contribution < -0.4 is 10.2 Å². The van der Waals surface area contributed by atoms with Crippen LogP contribution in [0.3, 0.4) is 0 Å². The van der Waals surface area contributed by atoms with Gasteiger partial charge in [-0.3, -0.25) is 4.79 Å². The molecule has 8 heteroatoms. The number of aromatic nitrogens is 3. The quantitative estimate of drug-likeness (QED) is 0.802. The van der Waals surface area contributed by atoms with Crippen LogP contribution in [0.2, 0.25) is 0 Å². The number of rotatable bonds is 2. The highest BCUT2D eigenvalue weighted by atomic mass is 79.9. The van der Waals surface area contributed by atoms with Crippen molar-refractivity contribution in [2.75, 3.05) is 24.5 Å². The fourth-order valence-corrected chi connectivity index (χ4v) is 3.98. The zero-order valence-electron chi connectivity index (χ0n) is 14.0. The van der Waals surface area contributed by atoms with E-state index in [0.717, 1.165) is 48.2 Å². The molecule has 0 saturated carbocycles. The largest absolute Gasteiger partial charge is 0.317 e. The average Bonchev–Trinajstić information content (AvgIpc) is 3.18. The van der Waals surface area contributed by atoms with Gasteiger partial charge in [0.15, 0.2) is 5.69 Å². The lowest BCUT2D eigenvalue weighted by Crippen LogP contribution is -2.31. The zero-order valence-corrected chi connectivity index (χ0v) is 16.4. The van der Waals surface area contributed by atoms with Crippen molar-refractivity contribution in [3.8, 4) is 0 Å². The first-order valence-electron chi connectivity index (χ1n) is 8.38. The highest BCUT2D eigenvalue weighted by Crippen LogP contribution is 2.32. The molecule has 1 N–H and O–H groups in total. The Balaban J connectivity index is 0.00000182. The van der Waals surface area contributed by atoms with E-state index >= 15 is 0 Å². The van der Waals surface area contributed by atoms with E-state index < -0.39 is 0 Å². The molecule has 4 rings (SSSR count). The Hall–Kier alpha value is -1.44. The topological polar surface area (TPSA) is 63.1 Å². The number of hydrogen-bond acceptors (Lipinski definition) is 4. The van der Waals surface area contributed by atoms with Gasteiger partial charge in [-0.1, -0.05) is 27.2 Å². The van der Waals surface area contributed by atoms with Crippen LogP contribution in [0.1, 0.15) is 40.6 Å². The number of nitrogens with one attached hydrogen (secondary N) is 1. The van der Waals surface area contributed by atoms with Gasteiger partial charge in [0, 0.05) is 16.7 Å². The highest BCUT2D eigenvalue weighted by Gasteiger charge is 2.30. The molecule has 25 heavy (non-hydrogen) atoms. The van der Waals surface area contributed by atoms with Crippen LogP contribution >= 0.6 is 28.3 Å². The van der Waals surface area contributed by atoms with Crippen molar-refractivity contribution in [3.05, 3.63) is 39.6 Å². The molecule has 0 atom stereocenters. The lowest BCUT2D eigenvalue weighted by Gasteiger charge is -2.23.